The van der Waals surface area contributed by atoms with Crippen molar-refractivity contribution in [3.05, 3.63) is 0 Å². The molecule has 1 aliphatic rings. The molecule has 1 atom stereocenters. The zero-order valence-corrected chi connectivity index (χ0v) is 10.1. The average Bonchev–Trinajstić information content (AvgIpc) is 2.75. The van der Waals surface area contributed by atoms with E-state index in [1.807, 2.05) is 0 Å². The van der Waals surface area contributed by atoms with Crippen LogP contribution in [0.2, 0.25) is 0 Å². The van der Waals surface area contributed by atoms with Crippen LogP contribution in [-0.2, 0) is 4.74 Å². The molecule has 1 saturated heterocycles. The lowest BCUT2D eigenvalue weighted by Crippen LogP contribution is -2.34. The molecule has 0 aromatic heterocycles. The van der Waals surface area contributed by atoms with Gasteiger partial charge in [-0.3, -0.25) is 0 Å². The highest BCUT2D eigenvalue weighted by atomic mass is 16.5. The van der Waals surface area contributed by atoms with Crippen LogP contribution >= 0.6 is 0 Å². The Morgan fingerprint density at radius 2 is 2.20 bits per heavy atom. The lowest BCUT2D eigenvalue weighted by molar-refractivity contribution is 0.128. The second kappa shape index (κ2) is 9.13. The van der Waals surface area contributed by atoms with Gasteiger partial charge in [0.1, 0.15) is 0 Å². The van der Waals surface area contributed by atoms with Gasteiger partial charge in [-0.05, 0) is 38.8 Å². The van der Waals surface area contributed by atoms with E-state index in [-0.39, 0.29) is 0 Å². The molecular formula is C12H26N2O. The summed E-state index contributed by atoms with van der Waals surface area (Å²) in [5.74, 6) is 0. The quantitative estimate of drug-likeness (QED) is 0.571. The van der Waals surface area contributed by atoms with Crippen molar-refractivity contribution < 1.29 is 4.74 Å². The van der Waals surface area contributed by atoms with Crippen LogP contribution in [0, 0.1) is 0 Å². The van der Waals surface area contributed by atoms with Crippen molar-refractivity contribution >= 4 is 0 Å². The van der Waals surface area contributed by atoms with Crippen molar-refractivity contribution in [3.8, 4) is 0 Å². The van der Waals surface area contributed by atoms with Gasteiger partial charge in [0.15, 0.2) is 0 Å². The van der Waals surface area contributed by atoms with Gasteiger partial charge in [0.2, 0.25) is 0 Å². The largest absolute Gasteiger partial charge is 0.381 e. The van der Waals surface area contributed by atoms with E-state index in [2.05, 4.69) is 17.6 Å². The fourth-order valence-corrected chi connectivity index (χ4v) is 1.85. The van der Waals surface area contributed by atoms with Crippen molar-refractivity contribution in [1.29, 1.82) is 0 Å². The van der Waals surface area contributed by atoms with Crippen LogP contribution in [0.1, 0.15) is 39.0 Å². The van der Waals surface area contributed by atoms with Crippen molar-refractivity contribution in [2.45, 2.75) is 45.1 Å². The predicted molar refractivity (Wildman–Crippen MR) is 64.2 cm³/mol. The summed E-state index contributed by atoms with van der Waals surface area (Å²) in [4.78, 5) is 0. The van der Waals surface area contributed by atoms with Gasteiger partial charge < -0.3 is 15.4 Å². The van der Waals surface area contributed by atoms with Crippen molar-refractivity contribution in [2.24, 2.45) is 0 Å². The normalized spacial score (nSPS) is 21.0. The van der Waals surface area contributed by atoms with Crippen molar-refractivity contribution in [3.63, 3.8) is 0 Å². The first-order valence-corrected chi connectivity index (χ1v) is 6.45. The molecule has 0 bridgehead atoms. The molecule has 15 heavy (non-hydrogen) atoms. The molecule has 0 saturated carbocycles. The molecule has 0 spiro atoms. The topological polar surface area (TPSA) is 33.3 Å². The zero-order valence-electron chi connectivity index (χ0n) is 10.1. The smallest absolute Gasteiger partial charge is 0.0478 e. The molecular weight excluding hydrogens is 188 g/mol. The molecule has 3 heteroatoms. The number of nitrogens with one attached hydrogen (secondary N) is 2. The zero-order chi connectivity index (χ0) is 10.8. The van der Waals surface area contributed by atoms with Crippen LogP contribution in [-0.4, -0.2) is 38.9 Å². The summed E-state index contributed by atoms with van der Waals surface area (Å²) in [6, 6.07) is 0.714. The molecule has 3 nitrogen and oxygen atoms in total. The highest BCUT2D eigenvalue weighted by molar-refractivity contribution is 4.75. The van der Waals surface area contributed by atoms with Crippen LogP contribution in [0.15, 0.2) is 0 Å². The third-order valence-electron chi connectivity index (χ3n) is 2.84. The molecule has 2 N–H and O–H groups in total. The Bertz CT molecular complexity index is 136. The summed E-state index contributed by atoms with van der Waals surface area (Å²) >= 11 is 0. The Balaban J connectivity index is 1.73. The minimum Gasteiger partial charge on any atom is -0.381 e. The summed E-state index contributed by atoms with van der Waals surface area (Å²) in [5.41, 5.74) is 0. The highest BCUT2D eigenvalue weighted by Gasteiger charge is 2.12. The Morgan fingerprint density at radius 1 is 1.33 bits per heavy atom. The fraction of sp³-hybridized carbons (Fsp3) is 1.00. The fourth-order valence-electron chi connectivity index (χ4n) is 1.85. The lowest BCUT2D eigenvalue weighted by Gasteiger charge is -2.11. The van der Waals surface area contributed by atoms with Crippen molar-refractivity contribution in [2.75, 3.05) is 32.8 Å². The van der Waals surface area contributed by atoms with Gasteiger partial charge in [0, 0.05) is 25.8 Å². The summed E-state index contributed by atoms with van der Waals surface area (Å²) in [6.07, 6.45) is 6.23. The Labute approximate surface area is 94.0 Å². The molecule has 1 fully saturated rings. The van der Waals surface area contributed by atoms with Gasteiger partial charge in [-0.25, -0.2) is 0 Å². The molecule has 0 radical (unpaired) electrons. The van der Waals surface area contributed by atoms with Crippen LogP contribution in [0.25, 0.3) is 0 Å². The highest BCUT2D eigenvalue weighted by Crippen LogP contribution is 2.02. The summed E-state index contributed by atoms with van der Waals surface area (Å²) in [6.45, 7) is 7.44. The van der Waals surface area contributed by atoms with Gasteiger partial charge in [0.05, 0.1) is 0 Å². The first-order valence-electron chi connectivity index (χ1n) is 6.45. The van der Waals surface area contributed by atoms with E-state index in [4.69, 9.17) is 4.74 Å². The maximum atomic E-state index is 5.49. The first kappa shape index (κ1) is 12.9. The summed E-state index contributed by atoms with van der Waals surface area (Å²) in [5, 5.41) is 6.96. The Kier molecular flexibility index (Phi) is 7.88. The third-order valence-corrected chi connectivity index (χ3v) is 2.84. The van der Waals surface area contributed by atoms with Gasteiger partial charge in [-0.15, -0.1) is 0 Å². The van der Waals surface area contributed by atoms with Crippen molar-refractivity contribution in [1.82, 2.24) is 10.6 Å². The molecule has 1 aliphatic heterocycles. The van der Waals surface area contributed by atoms with Crippen LogP contribution in [0.4, 0.5) is 0 Å². The predicted octanol–water partition coefficient (Wildman–Crippen LogP) is 1.53. The molecule has 0 amide bonds. The number of hydrogen-bond acceptors (Lipinski definition) is 3. The van der Waals surface area contributed by atoms with E-state index in [0.717, 1.165) is 32.7 Å². The van der Waals surface area contributed by atoms with Gasteiger partial charge in [-0.2, -0.15) is 0 Å². The Morgan fingerprint density at radius 3 is 2.93 bits per heavy atom. The Hall–Kier alpha value is -0.120. The van der Waals surface area contributed by atoms with Crippen LogP contribution < -0.4 is 10.6 Å². The average molecular weight is 214 g/mol. The minimum atomic E-state index is 0.714. The standard InChI is InChI=1S/C12H26N2O/c1-2-3-9-15-10-5-7-13-11-12-6-4-8-14-12/h12-14H,2-11H2,1H3. The number of ether oxygens (including phenoxy) is 1. The molecule has 0 aromatic rings. The molecule has 0 aromatic carbocycles. The van der Waals surface area contributed by atoms with Gasteiger partial charge in [-0.1, -0.05) is 13.3 Å². The summed E-state index contributed by atoms with van der Waals surface area (Å²) < 4.78 is 5.49. The molecule has 90 valence electrons. The van der Waals surface area contributed by atoms with E-state index in [0.29, 0.717) is 6.04 Å². The van der Waals surface area contributed by atoms with E-state index in [9.17, 15) is 0 Å². The van der Waals surface area contributed by atoms with E-state index in [1.165, 1.54) is 32.2 Å². The maximum absolute atomic E-state index is 5.49. The number of unbranched alkanes of at least 4 members (excludes halogenated alkanes) is 1. The van der Waals surface area contributed by atoms with E-state index < -0.39 is 0 Å². The third kappa shape index (κ3) is 6.88. The molecule has 1 heterocycles. The monoisotopic (exact) mass is 214 g/mol. The van der Waals surface area contributed by atoms with Crippen LogP contribution in [0.5, 0.6) is 0 Å². The molecule has 1 rings (SSSR count). The second-order valence-corrected chi connectivity index (χ2v) is 4.32. The summed E-state index contributed by atoms with van der Waals surface area (Å²) in [7, 11) is 0. The SMILES string of the molecule is CCCCOCCCNCC1CCCN1. The maximum Gasteiger partial charge on any atom is 0.0478 e. The minimum absolute atomic E-state index is 0.714. The van der Waals surface area contributed by atoms with E-state index >= 15 is 0 Å². The number of rotatable bonds is 9. The number of hydrogen-bond donors (Lipinski definition) is 2. The lowest BCUT2D eigenvalue weighted by atomic mass is 10.2. The first-order chi connectivity index (χ1) is 7.43. The van der Waals surface area contributed by atoms with Gasteiger partial charge in [0.25, 0.3) is 0 Å². The molecule has 1 unspecified atom stereocenters. The van der Waals surface area contributed by atoms with Crippen LogP contribution in [0.3, 0.4) is 0 Å². The van der Waals surface area contributed by atoms with Gasteiger partial charge >= 0.3 is 0 Å². The molecule has 0 aliphatic carbocycles. The second-order valence-electron chi connectivity index (χ2n) is 4.32. The van der Waals surface area contributed by atoms with E-state index in [1.54, 1.807) is 0 Å².